The summed E-state index contributed by atoms with van der Waals surface area (Å²) in [5.41, 5.74) is 4.40. The summed E-state index contributed by atoms with van der Waals surface area (Å²) in [4.78, 5) is 10.6. The van der Waals surface area contributed by atoms with E-state index in [4.69, 9.17) is 5.73 Å². The van der Waals surface area contributed by atoms with Gasteiger partial charge >= 0.3 is 0 Å². The normalized spacial score (nSPS) is 34.8. The van der Waals surface area contributed by atoms with Crippen molar-refractivity contribution in [3.63, 3.8) is 0 Å². The second-order valence-electron chi connectivity index (χ2n) is 2.48. The predicted molar refractivity (Wildman–Crippen MR) is 34.5 cm³/mol. The molecule has 1 radical (unpaired) electrons. The number of amides is 1. The van der Waals surface area contributed by atoms with Crippen LogP contribution < -0.4 is 11.1 Å². The van der Waals surface area contributed by atoms with Gasteiger partial charge < -0.3 is 11.1 Å². The molecule has 0 aromatic heterocycles. The molecule has 1 fully saturated rings. The summed E-state index contributed by atoms with van der Waals surface area (Å²) in [6, 6.07) is 0. The second-order valence-corrected chi connectivity index (χ2v) is 2.48. The molecular weight excluding hydrogens is 116 g/mol. The molecule has 1 rings (SSSR count). The van der Waals surface area contributed by atoms with E-state index in [1.165, 1.54) is 0 Å². The average molecular weight is 127 g/mol. The summed E-state index contributed by atoms with van der Waals surface area (Å²) < 4.78 is 0. The molecule has 1 saturated heterocycles. The third-order valence-electron chi connectivity index (χ3n) is 1.72. The molecule has 9 heavy (non-hydrogen) atoms. The Morgan fingerprint density at radius 1 is 1.78 bits per heavy atom. The Hall–Kier alpha value is -0.570. The number of nitrogens with two attached hydrogens (primary N) is 1. The van der Waals surface area contributed by atoms with Gasteiger partial charge in [-0.3, -0.25) is 4.79 Å². The van der Waals surface area contributed by atoms with Crippen LogP contribution in [0.2, 0.25) is 0 Å². The van der Waals surface area contributed by atoms with Crippen LogP contribution in [0, 0.1) is 6.92 Å². The van der Waals surface area contributed by atoms with Gasteiger partial charge in [0.2, 0.25) is 5.91 Å². The summed E-state index contributed by atoms with van der Waals surface area (Å²) in [6.07, 6.45) is 1.76. The van der Waals surface area contributed by atoms with Crippen molar-refractivity contribution in [2.45, 2.75) is 18.4 Å². The molecule has 1 heterocycles. The van der Waals surface area contributed by atoms with E-state index in [0.717, 1.165) is 19.4 Å². The average Bonchev–Trinajstić information content (AvgIpc) is 2.16. The van der Waals surface area contributed by atoms with Crippen molar-refractivity contribution in [1.29, 1.82) is 0 Å². The van der Waals surface area contributed by atoms with E-state index in [2.05, 4.69) is 12.2 Å². The van der Waals surface area contributed by atoms with E-state index in [-0.39, 0.29) is 5.91 Å². The van der Waals surface area contributed by atoms with Crippen LogP contribution in [0.25, 0.3) is 0 Å². The highest BCUT2D eigenvalue weighted by molar-refractivity contribution is 5.85. The molecule has 0 aliphatic carbocycles. The van der Waals surface area contributed by atoms with E-state index >= 15 is 0 Å². The molecule has 3 nitrogen and oxygen atoms in total. The summed E-state index contributed by atoms with van der Waals surface area (Å²) in [7, 11) is 0. The summed E-state index contributed by atoms with van der Waals surface area (Å²) in [5, 5.41) is 2.95. The molecule has 51 valence electrons. The lowest BCUT2D eigenvalue weighted by atomic mass is 10.0. The van der Waals surface area contributed by atoms with Gasteiger partial charge in [-0.25, -0.2) is 0 Å². The minimum absolute atomic E-state index is 0.347. The molecular formula is C6H11N2O. The Kier molecular flexibility index (Phi) is 1.45. The van der Waals surface area contributed by atoms with Crippen LogP contribution in [0.15, 0.2) is 0 Å². The number of hydrogen-bond acceptors (Lipinski definition) is 2. The SMILES string of the molecule is [CH2][C@@]1(C(N)=O)CCCN1. The van der Waals surface area contributed by atoms with Crippen LogP contribution in [0.4, 0.5) is 0 Å². The van der Waals surface area contributed by atoms with Gasteiger partial charge in [0.25, 0.3) is 0 Å². The van der Waals surface area contributed by atoms with Gasteiger partial charge in [0.05, 0.1) is 5.54 Å². The third-order valence-corrected chi connectivity index (χ3v) is 1.72. The van der Waals surface area contributed by atoms with E-state index in [1.54, 1.807) is 0 Å². The Balaban J connectivity index is 2.61. The number of rotatable bonds is 1. The molecule has 0 aromatic rings. The Bertz CT molecular complexity index is 127. The van der Waals surface area contributed by atoms with E-state index < -0.39 is 5.54 Å². The van der Waals surface area contributed by atoms with Crippen LogP contribution in [0.1, 0.15) is 12.8 Å². The van der Waals surface area contributed by atoms with Gasteiger partial charge in [-0.2, -0.15) is 0 Å². The van der Waals surface area contributed by atoms with Crippen molar-refractivity contribution >= 4 is 5.91 Å². The van der Waals surface area contributed by atoms with E-state index in [0.29, 0.717) is 0 Å². The number of hydrogen-bond donors (Lipinski definition) is 2. The van der Waals surface area contributed by atoms with Crippen molar-refractivity contribution in [3.05, 3.63) is 6.92 Å². The van der Waals surface area contributed by atoms with Crippen LogP contribution in [0.3, 0.4) is 0 Å². The number of nitrogens with one attached hydrogen (secondary N) is 1. The van der Waals surface area contributed by atoms with Gasteiger partial charge in [-0.05, 0) is 26.3 Å². The van der Waals surface area contributed by atoms with Gasteiger partial charge in [-0.15, -0.1) is 0 Å². The maximum atomic E-state index is 10.6. The first kappa shape index (κ1) is 6.55. The highest BCUT2D eigenvalue weighted by Crippen LogP contribution is 2.16. The molecule has 0 spiro atoms. The maximum absolute atomic E-state index is 10.6. The van der Waals surface area contributed by atoms with Gasteiger partial charge in [0.1, 0.15) is 0 Å². The van der Waals surface area contributed by atoms with Gasteiger partial charge in [-0.1, -0.05) is 0 Å². The molecule has 0 aromatic carbocycles. The molecule has 0 bridgehead atoms. The zero-order valence-electron chi connectivity index (χ0n) is 5.31. The Morgan fingerprint density at radius 2 is 2.44 bits per heavy atom. The minimum Gasteiger partial charge on any atom is -0.368 e. The molecule has 1 aliphatic rings. The van der Waals surface area contributed by atoms with Crippen molar-refractivity contribution in [2.75, 3.05) is 6.54 Å². The van der Waals surface area contributed by atoms with Crippen LogP contribution in [0.5, 0.6) is 0 Å². The number of carbonyl (C=O) groups excluding carboxylic acids is 1. The molecule has 1 aliphatic heterocycles. The lowest BCUT2D eigenvalue weighted by Crippen LogP contribution is -2.48. The smallest absolute Gasteiger partial charge is 0.237 e. The summed E-state index contributed by atoms with van der Waals surface area (Å²) in [6.45, 7) is 4.54. The van der Waals surface area contributed by atoms with Crippen LogP contribution >= 0.6 is 0 Å². The number of carbonyl (C=O) groups is 1. The van der Waals surface area contributed by atoms with Gasteiger partial charge in [0, 0.05) is 0 Å². The van der Waals surface area contributed by atoms with Crippen molar-refractivity contribution < 1.29 is 4.79 Å². The van der Waals surface area contributed by atoms with E-state index in [1.807, 2.05) is 0 Å². The third kappa shape index (κ3) is 1.05. The largest absolute Gasteiger partial charge is 0.368 e. The predicted octanol–water partition coefficient (Wildman–Crippen LogP) is -0.572. The highest BCUT2D eigenvalue weighted by atomic mass is 16.1. The first-order valence-electron chi connectivity index (χ1n) is 3.05. The van der Waals surface area contributed by atoms with Crippen LogP contribution in [-0.4, -0.2) is 18.0 Å². The number of primary amides is 1. The molecule has 3 heteroatoms. The maximum Gasteiger partial charge on any atom is 0.237 e. The zero-order chi connectivity index (χ0) is 6.91. The first-order chi connectivity index (χ1) is 4.15. The van der Waals surface area contributed by atoms with Crippen molar-refractivity contribution in [1.82, 2.24) is 5.32 Å². The quantitative estimate of drug-likeness (QED) is 0.495. The highest BCUT2D eigenvalue weighted by Gasteiger charge is 2.33. The fraction of sp³-hybridized carbons (Fsp3) is 0.667. The summed E-state index contributed by atoms with van der Waals surface area (Å²) >= 11 is 0. The van der Waals surface area contributed by atoms with Crippen LogP contribution in [-0.2, 0) is 4.79 Å². The molecule has 0 saturated carbocycles. The van der Waals surface area contributed by atoms with Crippen molar-refractivity contribution in [3.8, 4) is 0 Å². The Morgan fingerprint density at radius 3 is 2.67 bits per heavy atom. The fourth-order valence-corrected chi connectivity index (χ4v) is 1.02. The topological polar surface area (TPSA) is 55.1 Å². The summed E-state index contributed by atoms with van der Waals surface area (Å²) in [5.74, 6) is -0.347. The second kappa shape index (κ2) is 1.99. The Labute approximate surface area is 54.6 Å². The minimum atomic E-state index is -0.667. The monoisotopic (exact) mass is 127 g/mol. The molecule has 0 unspecified atom stereocenters. The van der Waals surface area contributed by atoms with Crippen molar-refractivity contribution in [2.24, 2.45) is 5.73 Å². The van der Waals surface area contributed by atoms with Gasteiger partial charge in [0.15, 0.2) is 0 Å². The standard InChI is InChI=1S/C6H11N2O/c1-6(5(7)9)3-2-4-8-6/h8H,1-4H2,(H2,7,9)/t6-/m0/s1. The van der Waals surface area contributed by atoms with E-state index in [9.17, 15) is 4.79 Å². The molecule has 1 amide bonds. The zero-order valence-corrected chi connectivity index (χ0v) is 5.31. The molecule has 3 N–H and O–H groups in total. The fourth-order valence-electron chi connectivity index (χ4n) is 1.02. The first-order valence-corrected chi connectivity index (χ1v) is 3.05. The lowest BCUT2D eigenvalue weighted by Gasteiger charge is -2.18. The lowest BCUT2D eigenvalue weighted by molar-refractivity contribution is -0.122. The molecule has 1 atom stereocenters.